The number of likely N-dealkylation sites (N-methyl/N-ethyl adjacent to an activating group) is 1. The highest BCUT2D eigenvalue weighted by Crippen LogP contribution is 2.61. The predicted octanol–water partition coefficient (Wildman–Crippen LogP) is 4.99. The second-order valence-corrected chi connectivity index (χ2v) is 13.0. The number of alkyl carbamates (subject to hydrolysis) is 1. The second kappa shape index (κ2) is 13.2. The highest BCUT2D eigenvalue weighted by Gasteiger charge is 2.51. The fourth-order valence-electron chi connectivity index (χ4n) is 8.81. The topological polar surface area (TPSA) is 91.9 Å². The third-order valence-corrected chi connectivity index (χ3v) is 9.91. The molecule has 5 fully saturated rings. The number of rotatable bonds is 11. The van der Waals surface area contributed by atoms with Gasteiger partial charge in [-0.2, -0.15) is 0 Å². The number of halogens is 2. The lowest BCUT2D eigenvalue weighted by molar-refractivity contribution is -0.0615. The van der Waals surface area contributed by atoms with E-state index in [2.05, 4.69) is 20.7 Å². The average molecular weight is 577 g/mol. The van der Waals surface area contributed by atoms with E-state index in [0.29, 0.717) is 24.9 Å². The fraction of sp³-hybridized carbons (Fsp3) is 0.742. The van der Waals surface area contributed by atoms with Crippen molar-refractivity contribution in [1.29, 1.82) is 0 Å². The molecule has 4 saturated carbocycles. The SMILES string of the molecule is CNC[C@H](CC12CC3CC(CC(C3)C1)C2)NC(=O)N1CCC[C@@H](C(OCCNC(=O)OC)c2cc(F)ccc2F)C1. The van der Waals surface area contributed by atoms with Crippen molar-refractivity contribution in [2.24, 2.45) is 29.1 Å². The summed E-state index contributed by atoms with van der Waals surface area (Å²) >= 11 is 0. The minimum absolute atomic E-state index is 0.0428. The Bertz CT molecular complexity index is 1040. The highest BCUT2D eigenvalue weighted by molar-refractivity contribution is 5.74. The molecule has 1 aromatic rings. The summed E-state index contributed by atoms with van der Waals surface area (Å²) in [6, 6.07) is 3.29. The predicted molar refractivity (Wildman–Crippen MR) is 151 cm³/mol. The van der Waals surface area contributed by atoms with E-state index in [1.54, 1.807) is 4.90 Å². The first-order valence-electron chi connectivity index (χ1n) is 15.4. The number of amides is 3. The molecule has 41 heavy (non-hydrogen) atoms. The Balaban J connectivity index is 1.24. The van der Waals surface area contributed by atoms with E-state index in [9.17, 15) is 18.4 Å². The maximum absolute atomic E-state index is 14.9. The fourth-order valence-corrected chi connectivity index (χ4v) is 8.81. The molecule has 10 heteroatoms. The maximum Gasteiger partial charge on any atom is 0.406 e. The standard InChI is InChI=1S/C31H46F2N4O4/c1-34-18-25(17-31-14-20-10-21(15-31)12-22(11-20)16-31)36-29(38)37-8-3-4-23(19-37)28(41-9-7-35-30(39)40-2)26-13-24(32)5-6-27(26)33/h5-6,13,20-23,25,28,34H,3-4,7-12,14-19H2,1-2H3,(H,35,39)(H,36,38)/t20?,21?,22?,23-,25+,28?,31?/m1/s1. The minimum Gasteiger partial charge on any atom is -0.453 e. The lowest BCUT2D eigenvalue weighted by Crippen LogP contribution is -2.54. The number of piperidine rings is 1. The Morgan fingerprint density at radius 2 is 1.83 bits per heavy atom. The van der Waals surface area contributed by atoms with E-state index >= 15 is 0 Å². The van der Waals surface area contributed by atoms with Gasteiger partial charge in [0.1, 0.15) is 11.6 Å². The molecule has 1 heterocycles. The lowest BCUT2D eigenvalue weighted by Gasteiger charge is -2.57. The molecule has 1 unspecified atom stereocenters. The lowest BCUT2D eigenvalue weighted by atomic mass is 9.48. The Kier molecular flexibility index (Phi) is 9.69. The van der Waals surface area contributed by atoms with Crippen LogP contribution in [-0.2, 0) is 9.47 Å². The first-order chi connectivity index (χ1) is 19.8. The largest absolute Gasteiger partial charge is 0.453 e. The van der Waals surface area contributed by atoms with Crippen LogP contribution in [0, 0.1) is 40.7 Å². The normalized spacial score (nSPS) is 30.1. The number of carbonyl (C=O) groups excluding carboxylic acids is 2. The van der Waals surface area contributed by atoms with Crippen LogP contribution in [-0.4, -0.2) is 70.0 Å². The van der Waals surface area contributed by atoms with E-state index in [4.69, 9.17) is 4.74 Å². The number of likely N-dealkylation sites (tertiary alicyclic amines) is 1. The number of benzene rings is 1. The van der Waals surface area contributed by atoms with Gasteiger partial charge >= 0.3 is 12.1 Å². The number of hydrogen-bond acceptors (Lipinski definition) is 5. The first-order valence-corrected chi connectivity index (χ1v) is 15.4. The van der Waals surface area contributed by atoms with Gasteiger partial charge in [-0.05, 0) is 106 Å². The van der Waals surface area contributed by atoms with Crippen molar-refractivity contribution in [3.05, 3.63) is 35.4 Å². The molecule has 5 aliphatic rings. The van der Waals surface area contributed by atoms with Gasteiger partial charge in [0.2, 0.25) is 0 Å². The van der Waals surface area contributed by atoms with Crippen LogP contribution in [0.1, 0.15) is 69.5 Å². The van der Waals surface area contributed by atoms with Gasteiger partial charge < -0.3 is 30.3 Å². The number of methoxy groups -OCH3 is 1. The number of urea groups is 1. The molecule has 0 aromatic heterocycles. The number of ether oxygens (including phenoxy) is 2. The zero-order valence-electron chi connectivity index (χ0n) is 24.4. The van der Waals surface area contributed by atoms with E-state index in [1.807, 2.05) is 7.05 Å². The van der Waals surface area contributed by atoms with Gasteiger partial charge in [-0.25, -0.2) is 18.4 Å². The summed E-state index contributed by atoms with van der Waals surface area (Å²) in [5.74, 6) is 1.25. The molecule has 4 aliphatic carbocycles. The van der Waals surface area contributed by atoms with Crippen LogP contribution < -0.4 is 16.0 Å². The van der Waals surface area contributed by atoms with Gasteiger partial charge in [0.25, 0.3) is 0 Å². The minimum atomic E-state index is -0.763. The summed E-state index contributed by atoms with van der Waals surface area (Å²) in [7, 11) is 3.20. The molecule has 3 amide bonds. The highest BCUT2D eigenvalue weighted by atomic mass is 19.1. The Morgan fingerprint density at radius 1 is 1.12 bits per heavy atom. The van der Waals surface area contributed by atoms with Crippen molar-refractivity contribution in [2.45, 2.75) is 69.9 Å². The van der Waals surface area contributed by atoms with Crippen LogP contribution >= 0.6 is 0 Å². The molecule has 4 bridgehead atoms. The Labute approximate surface area is 242 Å². The molecule has 6 rings (SSSR count). The summed E-state index contributed by atoms with van der Waals surface area (Å²) in [6.07, 6.45) is 9.17. The molecule has 3 N–H and O–H groups in total. The van der Waals surface area contributed by atoms with Gasteiger partial charge in [-0.3, -0.25) is 0 Å². The molecule has 0 radical (unpaired) electrons. The van der Waals surface area contributed by atoms with Crippen molar-refractivity contribution in [2.75, 3.05) is 46.9 Å². The Hall–Kier alpha value is -2.46. The zero-order chi connectivity index (χ0) is 29.0. The molecular weight excluding hydrogens is 530 g/mol. The van der Waals surface area contributed by atoms with Crippen LogP contribution in [0.15, 0.2) is 18.2 Å². The molecule has 0 spiro atoms. The van der Waals surface area contributed by atoms with Crippen LogP contribution in [0.3, 0.4) is 0 Å². The Morgan fingerprint density at radius 3 is 2.49 bits per heavy atom. The third kappa shape index (κ3) is 7.31. The van der Waals surface area contributed by atoms with Gasteiger partial charge in [0.15, 0.2) is 0 Å². The van der Waals surface area contributed by atoms with Crippen LogP contribution in [0.2, 0.25) is 0 Å². The summed E-state index contributed by atoms with van der Waals surface area (Å²) in [5.41, 5.74) is 0.477. The number of carbonyl (C=O) groups is 2. The number of hydrogen-bond donors (Lipinski definition) is 3. The van der Waals surface area contributed by atoms with E-state index in [-0.39, 0.29) is 36.7 Å². The van der Waals surface area contributed by atoms with E-state index < -0.39 is 23.8 Å². The van der Waals surface area contributed by atoms with E-state index in [1.165, 1.54) is 51.7 Å². The molecular formula is C31H46F2N4O4. The summed E-state index contributed by atoms with van der Waals surface area (Å²) < 4.78 is 39.7. The molecule has 1 saturated heterocycles. The summed E-state index contributed by atoms with van der Waals surface area (Å²) in [5, 5.41) is 9.18. The molecule has 3 atom stereocenters. The summed E-state index contributed by atoms with van der Waals surface area (Å²) in [4.78, 5) is 26.8. The van der Waals surface area contributed by atoms with E-state index in [0.717, 1.165) is 49.3 Å². The van der Waals surface area contributed by atoms with Crippen molar-refractivity contribution >= 4 is 12.1 Å². The maximum atomic E-state index is 14.9. The van der Waals surface area contributed by atoms with Gasteiger partial charge in [-0.15, -0.1) is 0 Å². The third-order valence-electron chi connectivity index (χ3n) is 9.91. The smallest absolute Gasteiger partial charge is 0.406 e. The second-order valence-electron chi connectivity index (χ2n) is 13.0. The zero-order valence-corrected chi connectivity index (χ0v) is 24.4. The van der Waals surface area contributed by atoms with Gasteiger partial charge in [0, 0.05) is 43.7 Å². The monoisotopic (exact) mass is 576 g/mol. The molecule has 1 aliphatic heterocycles. The first kappa shape index (κ1) is 30.0. The van der Waals surface area contributed by atoms with Crippen molar-refractivity contribution < 1.29 is 27.8 Å². The summed E-state index contributed by atoms with van der Waals surface area (Å²) in [6.45, 7) is 1.95. The van der Waals surface area contributed by atoms with Gasteiger partial charge in [-0.1, -0.05) is 0 Å². The van der Waals surface area contributed by atoms with Crippen LogP contribution in [0.25, 0.3) is 0 Å². The van der Waals surface area contributed by atoms with Crippen LogP contribution in [0.5, 0.6) is 0 Å². The number of nitrogens with zero attached hydrogens (tertiary/aromatic N) is 1. The van der Waals surface area contributed by atoms with Crippen molar-refractivity contribution in [3.63, 3.8) is 0 Å². The van der Waals surface area contributed by atoms with Crippen molar-refractivity contribution in [1.82, 2.24) is 20.9 Å². The average Bonchev–Trinajstić information content (AvgIpc) is 2.93. The molecule has 228 valence electrons. The molecule has 8 nitrogen and oxygen atoms in total. The van der Waals surface area contributed by atoms with Crippen molar-refractivity contribution in [3.8, 4) is 0 Å². The number of nitrogens with one attached hydrogen (secondary N) is 3. The van der Waals surface area contributed by atoms with Gasteiger partial charge in [0.05, 0.1) is 19.8 Å². The van der Waals surface area contributed by atoms with Crippen LogP contribution in [0.4, 0.5) is 18.4 Å². The molecule has 1 aromatic carbocycles. The quantitative estimate of drug-likeness (QED) is 0.323.